The van der Waals surface area contributed by atoms with Gasteiger partial charge in [-0.1, -0.05) is 35.3 Å². The van der Waals surface area contributed by atoms with Crippen molar-refractivity contribution < 1.29 is 4.79 Å². The van der Waals surface area contributed by atoms with E-state index < -0.39 is 0 Å². The van der Waals surface area contributed by atoms with E-state index in [2.05, 4.69) is 5.32 Å². The summed E-state index contributed by atoms with van der Waals surface area (Å²) in [7, 11) is 0. The highest BCUT2D eigenvalue weighted by Gasteiger charge is 2.08. The van der Waals surface area contributed by atoms with Crippen LogP contribution in [-0.2, 0) is 10.5 Å². The van der Waals surface area contributed by atoms with Crippen molar-refractivity contribution in [3.8, 4) is 6.07 Å². The monoisotopic (exact) mass is 350 g/mol. The van der Waals surface area contributed by atoms with E-state index in [1.54, 1.807) is 18.2 Å². The minimum atomic E-state index is -0.175. The van der Waals surface area contributed by atoms with Crippen molar-refractivity contribution in [2.45, 2.75) is 5.75 Å². The molecule has 0 fully saturated rings. The molecule has 0 aliphatic heterocycles. The maximum Gasteiger partial charge on any atom is 0.234 e. The number of nitrogens with zero attached hydrogens (tertiary/aromatic N) is 1. The molecule has 0 aliphatic carbocycles. The van der Waals surface area contributed by atoms with E-state index in [4.69, 9.17) is 28.5 Å². The Labute approximate surface area is 143 Å². The van der Waals surface area contributed by atoms with Gasteiger partial charge in [0.05, 0.1) is 17.0 Å². The number of nitrogens with one attached hydrogen (secondary N) is 1. The molecule has 2 aromatic rings. The highest BCUT2D eigenvalue weighted by molar-refractivity contribution is 7.99. The molecule has 2 aromatic carbocycles. The number of anilines is 1. The largest absolute Gasteiger partial charge is 0.324 e. The maximum absolute atomic E-state index is 11.9. The molecule has 0 radical (unpaired) electrons. The smallest absolute Gasteiger partial charge is 0.234 e. The lowest BCUT2D eigenvalue weighted by atomic mass is 10.2. The molecule has 0 saturated carbocycles. The second kappa shape index (κ2) is 8.09. The third kappa shape index (κ3) is 4.96. The van der Waals surface area contributed by atoms with Gasteiger partial charge in [0.2, 0.25) is 5.91 Å². The van der Waals surface area contributed by atoms with Gasteiger partial charge in [-0.05, 0) is 35.9 Å². The molecule has 0 aromatic heterocycles. The third-order valence-electron chi connectivity index (χ3n) is 2.77. The molecule has 0 saturated heterocycles. The second-order valence-corrected chi connectivity index (χ2v) is 6.33. The van der Waals surface area contributed by atoms with Crippen molar-refractivity contribution in [1.82, 2.24) is 0 Å². The first kappa shape index (κ1) is 16.7. The van der Waals surface area contributed by atoms with Gasteiger partial charge in [0.15, 0.2) is 0 Å². The van der Waals surface area contributed by atoms with E-state index in [-0.39, 0.29) is 11.7 Å². The Bertz CT molecular complexity index is 728. The average molecular weight is 351 g/mol. The molecule has 1 amide bonds. The normalized spacial score (nSPS) is 10.0. The number of hydrogen-bond acceptors (Lipinski definition) is 3. The van der Waals surface area contributed by atoms with E-state index in [0.717, 1.165) is 5.56 Å². The number of hydrogen-bond donors (Lipinski definition) is 1. The van der Waals surface area contributed by atoms with Crippen molar-refractivity contribution in [1.29, 1.82) is 5.26 Å². The zero-order chi connectivity index (χ0) is 15.9. The van der Waals surface area contributed by atoms with E-state index >= 15 is 0 Å². The van der Waals surface area contributed by atoms with Crippen LogP contribution in [-0.4, -0.2) is 11.7 Å². The molecule has 3 nitrogen and oxygen atoms in total. The van der Waals surface area contributed by atoms with Crippen LogP contribution in [0, 0.1) is 11.3 Å². The lowest BCUT2D eigenvalue weighted by molar-refractivity contribution is -0.113. The number of nitriles is 1. The summed E-state index contributed by atoms with van der Waals surface area (Å²) in [6.07, 6.45) is 0. The summed E-state index contributed by atoms with van der Waals surface area (Å²) in [4.78, 5) is 11.9. The summed E-state index contributed by atoms with van der Waals surface area (Å²) in [5.41, 5.74) is 1.88. The van der Waals surface area contributed by atoms with Gasteiger partial charge in [0.25, 0.3) is 0 Å². The number of amides is 1. The quantitative estimate of drug-likeness (QED) is 0.847. The molecule has 0 unspecified atom stereocenters. The van der Waals surface area contributed by atoms with Crippen molar-refractivity contribution in [2.75, 3.05) is 11.1 Å². The fraction of sp³-hybridized carbons (Fsp3) is 0.125. The summed E-state index contributed by atoms with van der Waals surface area (Å²) in [6, 6.07) is 14.3. The summed E-state index contributed by atoms with van der Waals surface area (Å²) < 4.78 is 0. The van der Waals surface area contributed by atoms with Gasteiger partial charge in [0, 0.05) is 15.8 Å². The summed E-state index contributed by atoms with van der Waals surface area (Å²) >= 11 is 13.3. The lowest BCUT2D eigenvalue weighted by Crippen LogP contribution is -2.15. The molecule has 112 valence electrons. The van der Waals surface area contributed by atoms with Crippen molar-refractivity contribution in [3.05, 3.63) is 63.6 Å². The first-order chi connectivity index (χ1) is 10.6. The number of benzene rings is 2. The molecule has 0 atom stereocenters. The first-order valence-corrected chi connectivity index (χ1v) is 8.31. The highest BCUT2D eigenvalue weighted by Crippen LogP contribution is 2.21. The summed E-state index contributed by atoms with van der Waals surface area (Å²) in [5.74, 6) is 0.796. The van der Waals surface area contributed by atoms with E-state index in [1.807, 2.05) is 30.3 Å². The van der Waals surface area contributed by atoms with Crippen LogP contribution in [0.3, 0.4) is 0 Å². The number of rotatable bonds is 5. The topological polar surface area (TPSA) is 52.9 Å². The Balaban J connectivity index is 1.89. The van der Waals surface area contributed by atoms with Crippen LogP contribution in [0.4, 0.5) is 5.69 Å². The molecule has 6 heteroatoms. The standard InChI is InChI=1S/C16H12Cl2N2OS/c17-13-3-1-2-11(6-13)9-22-10-16(21)20-15-7-14(18)5-4-12(15)8-19/h1-7H,9-10H2,(H,20,21). The van der Waals surface area contributed by atoms with Crippen LogP contribution in [0.15, 0.2) is 42.5 Å². The molecule has 0 spiro atoms. The fourth-order valence-electron chi connectivity index (χ4n) is 1.79. The molecule has 0 aliphatic rings. The Morgan fingerprint density at radius 1 is 1.18 bits per heavy atom. The summed E-state index contributed by atoms with van der Waals surface area (Å²) in [5, 5.41) is 12.9. The predicted molar refractivity (Wildman–Crippen MR) is 92.4 cm³/mol. The molecule has 0 bridgehead atoms. The highest BCUT2D eigenvalue weighted by atomic mass is 35.5. The Kier molecular flexibility index (Phi) is 6.14. The minimum Gasteiger partial charge on any atom is -0.324 e. The molecule has 0 heterocycles. The van der Waals surface area contributed by atoms with E-state index in [1.165, 1.54) is 11.8 Å². The van der Waals surface area contributed by atoms with E-state index in [9.17, 15) is 4.79 Å². The van der Waals surface area contributed by atoms with Crippen molar-refractivity contribution in [2.24, 2.45) is 0 Å². The molecular formula is C16H12Cl2N2OS. The number of halogens is 2. The molecule has 22 heavy (non-hydrogen) atoms. The van der Waals surface area contributed by atoms with Gasteiger partial charge < -0.3 is 5.32 Å². The average Bonchev–Trinajstić information content (AvgIpc) is 2.47. The minimum absolute atomic E-state index is 0.175. The Morgan fingerprint density at radius 2 is 1.95 bits per heavy atom. The first-order valence-electron chi connectivity index (χ1n) is 6.40. The zero-order valence-corrected chi connectivity index (χ0v) is 13.8. The van der Waals surface area contributed by atoms with Gasteiger partial charge in [-0.2, -0.15) is 5.26 Å². The van der Waals surface area contributed by atoms with E-state index in [0.29, 0.717) is 27.0 Å². The number of carbonyl (C=O) groups is 1. The molecular weight excluding hydrogens is 339 g/mol. The maximum atomic E-state index is 11.9. The second-order valence-electron chi connectivity index (χ2n) is 4.47. The Hall–Kier alpha value is -1.67. The van der Waals surface area contributed by atoms with Crippen LogP contribution in [0.5, 0.6) is 0 Å². The zero-order valence-electron chi connectivity index (χ0n) is 11.5. The van der Waals surface area contributed by atoms with Crippen LogP contribution in [0.1, 0.15) is 11.1 Å². The van der Waals surface area contributed by atoms with Crippen molar-refractivity contribution >= 4 is 46.6 Å². The van der Waals surface area contributed by atoms with Crippen molar-refractivity contribution in [3.63, 3.8) is 0 Å². The summed E-state index contributed by atoms with van der Waals surface area (Å²) in [6.45, 7) is 0. The molecule has 1 N–H and O–H groups in total. The van der Waals surface area contributed by atoms with Crippen LogP contribution in [0.25, 0.3) is 0 Å². The lowest BCUT2D eigenvalue weighted by Gasteiger charge is -2.07. The van der Waals surface area contributed by atoms with Gasteiger partial charge in [-0.25, -0.2) is 0 Å². The van der Waals surface area contributed by atoms with Crippen LogP contribution in [0.2, 0.25) is 10.0 Å². The van der Waals surface area contributed by atoms with Gasteiger partial charge in [0.1, 0.15) is 6.07 Å². The SMILES string of the molecule is N#Cc1ccc(Cl)cc1NC(=O)CSCc1cccc(Cl)c1. The third-order valence-corrected chi connectivity index (χ3v) is 4.24. The Morgan fingerprint density at radius 3 is 2.68 bits per heavy atom. The van der Waals surface area contributed by atoms with Crippen LogP contribution < -0.4 is 5.32 Å². The van der Waals surface area contributed by atoms with Gasteiger partial charge >= 0.3 is 0 Å². The fourth-order valence-corrected chi connectivity index (χ4v) is 2.95. The van der Waals surface area contributed by atoms with Crippen LogP contribution >= 0.6 is 35.0 Å². The number of carbonyl (C=O) groups excluding carboxylic acids is 1. The predicted octanol–water partition coefficient (Wildman–Crippen LogP) is 4.74. The van der Waals surface area contributed by atoms with Gasteiger partial charge in [-0.3, -0.25) is 4.79 Å². The molecule has 2 rings (SSSR count). The number of thioether (sulfide) groups is 1. The van der Waals surface area contributed by atoms with Gasteiger partial charge in [-0.15, -0.1) is 11.8 Å².